The molecule has 1 aliphatic rings. The largest absolute Gasteiger partial charge is 0.367 e. The Bertz CT molecular complexity index is 413. The van der Waals surface area contributed by atoms with Crippen LogP contribution in [0.5, 0.6) is 0 Å². The van der Waals surface area contributed by atoms with Crippen LogP contribution < -0.4 is 0 Å². The van der Waals surface area contributed by atoms with E-state index < -0.39 is 24.2 Å². The highest BCUT2D eigenvalue weighted by Gasteiger charge is 2.36. The molecular formula is C10H12F2N2O3. The van der Waals surface area contributed by atoms with E-state index in [4.69, 9.17) is 9.26 Å². The van der Waals surface area contributed by atoms with Gasteiger partial charge in [-0.1, -0.05) is 5.16 Å². The highest BCUT2D eigenvalue weighted by molar-refractivity contribution is 5.82. The number of ketones is 1. The van der Waals surface area contributed by atoms with E-state index in [9.17, 15) is 13.6 Å². The van der Waals surface area contributed by atoms with Gasteiger partial charge in [0.2, 0.25) is 17.5 Å². The molecule has 7 heteroatoms. The normalized spacial score (nSPS) is 24.5. The van der Waals surface area contributed by atoms with E-state index in [1.807, 2.05) is 6.92 Å². The summed E-state index contributed by atoms with van der Waals surface area (Å²) in [6.45, 7) is 2.42. The lowest BCUT2D eigenvalue weighted by atomic mass is 10.0. The molecule has 0 saturated carbocycles. The summed E-state index contributed by atoms with van der Waals surface area (Å²) in [6, 6.07) is 0. The van der Waals surface area contributed by atoms with Gasteiger partial charge >= 0.3 is 0 Å². The first-order valence-corrected chi connectivity index (χ1v) is 5.29. The van der Waals surface area contributed by atoms with Gasteiger partial charge in [0.1, 0.15) is 5.60 Å². The predicted molar refractivity (Wildman–Crippen MR) is 51.6 cm³/mol. The molecule has 0 aliphatic carbocycles. The zero-order chi connectivity index (χ0) is 12.5. The Kier molecular flexibility index (Phi) is 3.19. The lowest BCUT2D eigenvalue weighted by Gasteiger charge is -2.17. The molecule has 1 unspecified atom stereocenters. The van der Waals surface area contributed by atoms with Gasteiger partial charge in [-0.3, -0.25) is 4.79 Å². The number of alkyl halides is 2. The third kappa shape index (κ3) is 2.49. The fraction of sp³-hybridized carbons (Fsp3) is 0.700. The van der Waals surface area contributed by atoms with Crippen LogP contribution in [-0.2, 0) is 21.6 Å². The van der Waals surface area contributed by atoms with Crippen LogP contribution in [-0.4, -0.2) is 29.0 Å². The van der Waals surface area contributed by atoms with Crippen molar-refractivity contribution in [2.75, 3.05) is 6.61 Å². The third-order valence-electron chi connectivity index (χ3n) is 2.73. The van der Waals surface area contributed by atoms with Crippen molar-refractivity contribution in [1.82, 2.24) is 10.1 Å². The number of nitrogens with zero attached hydrogens (tertiary/aromatic N) is 2. The van der Waals surface area contributed by atoms with E-state index in [-0.39, 0.29) is 5.89 Å². The highest BCUT2D eigenvalue weighted by atomic mass is 19.3. The van der Waals surface area contributed by atoms with Crippen molar-refractivity contribution < 1.29 is 22.8 Å². The Morgan fingerprint density at radius 1 is 1.59 bits per heavy atom. The summed E-state index contributed by atoms with van der Waals surface area (Å²) in [5.41, 5.74) is -0.629. The average molecular weight is 246 g/mol. The maximum Gasteiger partial charge on any atom is 0.296 e. The first-order chi connectivity index (χ1) is 8.01. The quantitative estimate of drug-likeness (QED) is 0.804. The lowest BCUT2D eigenvalue weighted by molar-refractivity contribution is -0.129. The molecular weight excluding hydrogens is 234 g/mol. The number of Topliss-reactive ketones (excluding diaryl/α,β-unsaturated/α-hetero) is 1. The van der Waals surface area contributed by atoms with E-state index in [0.29, 0.717) is 12.4 Å². The van der Waals surface area contributed by atoms with Crippen molar-refractivity contribution in [2.45, 2.75) is 38.2 Å². The van der Waals surface area contributed by atoms with Gasteiger partial charge in [0.25, 0.3) is 6.43 Å². The second-order valence-electron chi connectivity index (χ2n) is 4.14. The highest BCUT2D eigenvalue weighted by Crippen LogP contribution is 2.33. The molecule has 94 valence electrons. The van der Waals surface area contributed by atoms with E-state index in [1.54, 1.807) is 0 Å². The zero-order valence-electron chi connectivity index (χ0n) is 9.28. The summed E-state index contributed by atoms with van der Waals surface area (Å²) in [7, 11) is 0. The van der Waals surface area contributed by atoms with Crippen LogP contribution in [0.25, 0.3) is 0 Å². The standard InChI is InChI=1S/C10H12F2N2O3/c1-10(3-2-4-16-10)9-13-7(17-14-9)5-6(15)8(11)12/h8H,2-5H2,1H3. The molecule has 0 radical (unpaired) electrons. The molecule has 1 atom stereocenters. The summed E-state index contributed by atoms with van der Waals surface area (Å²) < 4.78 is 34.3. The molecule has 1 aromatic rings. The van der Waals surface area contributed by atoms with Gasteiger partial charge in [0.05, 0.1) is 6.42 Å². The molecule has 0 amide bonds. The summed E-state index contributed by atoms with van der Waals surface area (Å²) >= 11 is 0. The van der Waals surface area contributed by atoms with Crippen LogP contribution in [0, 0.1) is 0 Å². The molecule has 2 heterocycles. The van der Waals surface area contributed by atoms with Gasteiger partial charge in [0.15, 0.2) is 0 Å². The molecule has 2 rings (SSSR count). The Hall–Kier alpha value is -1.37. The number of carbonyl (C=O) groups is 1. The van der Waals surface area contributed by atoms with E-state index >= 15 is 0 Å². The minimum absolute atomic E-state index is 0.0953. The molecule has 1 fully saturated rings. The number of carbonyl (C=O) groups excluding carboxylic acids is 1. The summed E-state index contributed by atoms with van der Waals surface area (Å²) in [6.07, 6.45) is -1.92. The summed E-state index contributed by atoms with van der Waals surface area (Å²) in [4.78, 5) is 14.7. The first-order valence-electron chi connectivity index (χ1n) is 5.29. The molecule has 0 N–H and O–H groups in total. The summed E-state index contributed by atoms with van der Waals surface area (Å²) in [5, 5.41) is 3.67. The Morgan fingerprint density at radius 2 is 2.35 bits per heavy atom. The molecule has 1 saturated heterocycles. The van der Waals surface area contributed by atoms with E-state index in [1.165, 1.54) is 0 Å². The Balaban J connectivity index is 2.08. The van der Waals surface area contributed by atoms with E-state index in [2.05, 4.69) is 10.1 Å². The summed E-state index contributed by atoms with van der Waals surface area (Å²) in [5.74, 6) is -1.01. The van der Waals surface area contributed by atoms with Crippen LogP contribution in [0.2, 0.25) is 0 Å². The molecule has 17 heavy (non-hydrogen) atoms. The van der Waals surface area contributed by atoms with Crippen molar-refractivity contribution >= 4 is 5.78 Å². The molecule has 5 nitrogen and oxygen atoms in total. The van der Waals surface area contributed by atoms with Crippen molar-refractivity contribution in [1.29, 1.82) is 0 Å². The second-order valence-corrected chi connectivity index (χ2v) is 4.14. The zero-order valence-corrected chi connectivity index (χ0v) is 9.28. The van der Waals surface area contributed by atoms with Crippen molar-refractivity contribution in [2.24, 2.45) is 0 Å². The lowest BCUT2D eigenvalue weighted by Crippen LogP contribution is -2.22. The molecule has 0 aromatic carbocycles. The van der Waals surface area contributed by atoms with Crippen LogP contribution in [0.1, 0.15) is 31.5 Å². The van der Waals surface area contributed by atoms with Gasteiger partial charge in [-0.25, -0.2) is 8.78 Å². The van der Waals surface area contributed by atoms with Gasteiger partial charge < -0.3 is 9.26 Å². The van der Waals surface area contributed by atoms with Crippen LogP contribution in [0.3, 0.4) is 0 Å². The van der Waals surface area contributed by atoms with Crippen molar-refractivity contribution in [3.8, 4) is 0 Å². The minimum Gasteiger partial charge on any atom is -0.367 e. The SMILES string of the molecule is CC1(c2noc(CC(=O)C(F)F)n2)CCCO1. The first kappa shape index (κ1) is 12.1. The maximum absolute atomic E-state index is 12.0. The molecule has 1 aliphatic heterocycles. The monoisotopic (exact) mass is 246 g/mol. The van der Waals surface area contributed by atoms with Gasteiger partial charge in [-0.15, -0.1) is 0 Å². The number of aromatic nitrogens is 2. The smallest absolute Gasteiger partial charge is 0.296 e. The third-order valence-corrected chi connectivity index (χ3v) is 2.73. The molecule has 1 aromatic heterocycles. The van der Waals surface area contributed by atoms with Gasteiger partial charge in [-0.2, -0.15) is 4.98 Å². The Morgan fingerprint density at radius 3 is 2.94 bits per heavy atom. The average Bonchev–Trinajstić information content (AvgIpc) is 2.88. The molecule has 0 bridgehead atoms. The van der Waals surface area contributed by atoms with Crippen LogP contribution in [0.4, 0.5) is 8.78 Å². The van der Waals surface area contributed by atoms with Crippen LogP contribution in [0.15, 0.2) is 4.52 Å². The van der Waals surface area contributed by atoms with E-state index in [0.717, 1.165) is 12.8 Å². The number of rotatable bonds is 4. The van der Waals surface area contributed by atoms with Crippen molar-refractivity contribution in [3.05, 3.63) is 11.7 Å². The maximum atomic E-state index is 12.0. The number of ether oxygens (including phenoxy) is 1. The van der Waals surface area contributed by atoms with Gasteiger partial charge in [0, 0.05) is 6.61 Å². The fourth-order valence-corrected chi connectivity index (χ4v) is 1.72. The van der Waals surface area contributed by atoms with Gasteiger partial charge in [-0.05, 0) is 19.8 Å². The number of hydrogen-bond donors (Lipinski definition) is 0. The predicted octanol–water partition coefficient (Wildman–Crippen LogP) is 1.47. The fourth-order valence-electron chi connectivity index (χ4n) is 1.72. The van der Waals surface area contributed by atoms with Crippen molar-refractivity contribution in [3.63, 3.8) is 0 Å². The Labute approximate surface area is 96.1 Å². The minimum atomic E-state index is -3.01. The number of hydrogen-bond acceptors (Lipinski definition) is 5. The molecule has 0 spiro atoms. The second kappa shape index (κ2) is 4.48. The topological polar surface area (TPSA) is 65.2 Å². The number of halogens is 2. The van der Waals surface area contributed by atoms with Crippen LogP contribution >= 0.6 is 0 Å².